The zero-order chi connectivity index (χ0) is 9.68. The second kappa shape index (κ2) is 4.49. The normalized spacial score (nSPS) is 9.69. The fraction of sp³-hybridized carbons (Fsp3) is 0.500. The maximum Gasteiger partial charge on any atom is 0.394 e. The van der Waals surface area contributed by atoms with Crippen LogP contribution in [0.5, 0.6) is 5.95 Å². The lowest BCUT2D eigenvalue weighted by atomic mass is 10.7. The third kappa shape index (κ3) is 2.47. The molecule has 0 fully saturated rings. The molecule has 0 saturated heterocycles. The molecule has 0 N–H and O–H groups in total. The Balaban J connectivity index is 2.62. The van der Waals surface area contributed by atoms with Crippen molar-refractivity contribution in [2.45, 2.75) is 13.8 Å². The molecule has 1 aromatic heterocycles. The number of ether oxygens (including phenoxy) is 2. The first kappa shape index (κ1) is 9.57. The molecule has 0 amide bonds. The number of esters is 1. The highest BCUT2D eigenvalue weighted by Gasteiger charge is 2.14. The number of oxazole rings is 1. The Kier molecular flexibility index (Phi) is 3.31. The smallest absolute Gasteiger partial charge is 0.394 e. The highest BCUT2D eigenvalue weighted by molar-refractivity contribution is 5.84. The number of carbonyl (C=O) groups excluding carboxylic acids is 1. The molecule has 0 saturated carbocycles. The van der Waals surface area contributed by atoms with Crippen molar-refractivity contribution < 1.29 is 18.7 Å². The van der Waals surface area contributed by atoms with Gasteiger partial charge in [-0.15, -0.1) is 0 Å². The van der Waals surface area contributed by atoms with Gasteiger partial charge in [0.1, 0.15) is 6.20 Å². The number of nitrogens with zero attached hydrogens (tertiary/aromatic N) is 1. The molecule has 1 aromatic rings. The van der Waals surface area contributed by atoms with Gasteiger partial charge in [0.2, 0.25) is 0 Å². The van der Waals surface area contributed by atoms with Crippen molar-refractivity contribution in [1.29, 1.82) is 0 Å². The van der Waals surface area contributed by atoms with E-state index in [0.29, 0.717) is 13.2 Å². The summed E-state index contributed by atoms with van der Waals surface area (Å²) in [6, 6.07) is 0. The van der Waals surface area contributed by atoms with Gasteiger partial charge in [-0.2, -0.15) is 0 Å². The van der Waals surface area contributed by atoms with Crippen molar-refractivity contribution in [1.82, 2.24) is 4.98 Å². The summed E-state index contributed by atoms with van der Waals surface area (Å²) in [6.45, 7) is 4.29. The molecule has 0 radical (unpaired) electrons. The highest BCUT2D eigenvalue weighted by atomic mass is 16.6. The Morgan fingerprint density at radius 2 is 2.31 bits per heavy atom. The van der Waals surface area contributed by atoms with Gasteiger partial charge < -0.3 is 13.9 Å². The summed E-state index contributed by atoms with van der Waals surface area (Å²) in [4.78, 5) is 14.7. The molecule has 1 rings (SSSR count). The van der Waals surface area contributed by atoms with Gasteiger partial charge in [-0.25, -0.2) is 9.78 Å². The van der Waals surface area contributed by atoms with Gasteiger partial charge in [0.25, 0.3) is 0 Å². The van der Waals surface area contributed by atoms with E-state index in [1.807, 2.05) is 6.92 Å². The van der Waals surface area contributed by atoms with Crippen molar-refractivity contribution in [3.63, 3.8) is 0 Å². The van der Waals surface area contributed by atoms with E-state index in [4.69, 9.17) is 9.15 Å². The second-order valence-electron chi connectivity index (χ2n) is 2.14. The number of carbonyl (C=O) groups is 1. The van der Waals surface area contributed by atoms with Crippen LogP contribution in [0.25, 0.3) is 0 Å². The van der Waals surface area contributed by atoms with Gasteiger partial charge in [-0.3, -0.25) is 0 Å². The molecule has 13 heavy (non-hydrogen) atoms. The van der Waals surface area contributed by atoms with Crippen LogP contribution < -0.4 is 4.74 Å². The molecule has 0 spiro atoms. The standard InChI is InChI=1S/C8H11NO4/c1-3-11-6-5-9-7(13-6)8(10)12-4-2/h5H,3-4H2,1-2H3. The number of aromatic nitrogens is 1. The van der Waals surface area contributed by atoms with E-state index in [-0.39, 0.29) is 11.8 Å². The van der Waals surface area contributed by atoms with Crippen LogP contribution in [0.3, 0.4) is 0 Å². The van der Waals surface area contributed by atoms with Crippen LogP contribution in [-0.2, 0) is 4.74 Å². The summed E-state index contributed by atoms with van der Waals surface area (Å²) in [5.74, 6) is -0.427. The van der Waals surface area contributed by atoms with Crippen LogP contribution in [-0.4, -0.2) is 24.2 Å². The third-order valence-corrected chi connectivity index (χ3v) is 1.22. The Labute approximate surface area is 75.7 Å². The van der Waals surface area contributed by atoms with Crippen molar-refractivity contribution in [2.24, 2.45) is 0 Å². The molecule has 0 atom stereocenters. The lowest BCUT2D eigenvalue weighted by molar-refractivity contribution is 0.0473. The van der Waals surface area contributed by atoms with Gasteiger partial charge in [0, 0.05) is 0 Å². The average Bonchev–Trinajstić information content (AvgIpc) is 2.54. The summed E-state index contributed by atoms with van der Waals surface area (Å²) in [7, 11) is 0. The highest BCUT2D eigenvalue weighted by Crippen LogP contribution is 2.12. The summed E-state index contributed by atoms with van der Waals surface area (Å²) < 4.78 is 14.6. The Bertz CT molecular complexity index is 281. The molecule has 0 aromatic carbocycles. The van der Waals surface area contributed by atoms with E-state index >= 15 is 0 Å². The van der Waals surface area contributed by atoms with E-state index in [1.165, 1.54) is 6.20 Å². The lowest BCUT2D eigenvalue weighted by Crippen LogP contribution is -2.04. The van der Waals surface area contributed by atoms with Gasteiger partial charge in [0.15, 0.2) is 0 Å². The molecule has 0 unspecified atom stereocenters. The Morgan fingerprint density at radius 3 is 2.92 bits per heavy atom. The quantitative estimate of drug-likeness (QED) is 0.660. The van der Waals surface area contributed by atoms with Crippen LogP contribution >= 0.6 is 0 Å². The Morgan fingerprint density at radius 1 is 1.54 bits per heavy atom. The van der Waals surface area contributed by atoms with E-state index in [9.17, 15) is 4.79 Å². The summed E-state index contributed by atoms with van der Waals surface area (Å²) in [5, 5.41) is 0. The van der Waals surface area contributed by atoms with Crippen LogP contribution in [0, 0.1) is 0 Å². The van der Waals surface area contributed by atoms with Gasteiger partial charge in [-0.1, -0.05) is 0 Å². The average molecular weight is 185 g/mol. The first-order chi connectivity index (χ1) is 6.27. The fourth-order valence-corrected chi connectivity index (χ4v) is 0.756. The fourth-order valence-electron chi connectivity index (χ4n) is 0.756. The summed E-state index contributed by atoms with van der Waals surface area (Å²) in [6.07, 6.45) is 1.34. The van der Waals surface area contributed by atoms with Crippen molar-refractivity contribution in [3.05, 3.63) is 12.1 Å². The first-order valence-corrected chi connectivity index (χ1v) is 4.03. The predicted molar refractivity (Wildman–Crippen MR) is 43.6 cm³/mol. The van der Waals surface area contributed by atoms with Gasteiger partial charge in [0.05, 0.1) is 13.2 Å². The Hall–Kier alpha value is -1.52. The third-order valence-electron chi connectivity index (χ3n) is 1.22. The van der Waals surface area contributed by atoms with Crippen LogP contribution in [0.4, 0.5) is 0 Å². The summed E-state index contributed by atoms with van der Waals surface area (Å²) >= 11 is 0. The molecule has 0 bridgehead atoms. The monoisotopic (exact) mass is 185 g/mol. The number of hydrogen-bond acceptors (Lipinski definition) is 5. The summed E-state index contributed by atoms with van der Waals surface area (Å²) in [5.41, 5.74) is 0. The molecule has 5 heteroatoms. The van der Waals surface area contributed by atoms with Crippen LogP contribution in [0.1, 0.15) is 24.5 Å². The van der Waals surface area contributed by atoms with Crippen molar-refractivity contribution >= 4 is 5.97 Å². The van der Waals surface area contributed by atoms with E-state index in [1.54, 1.807) is 6.92 Å². The van der Waals surface area contributed by atoms with E-state index in [0.717, 1.165) is 0 Å². The van der Waals surface area contributed by atoms with Crippen molar-refractivity contribution in [2.75, 3.05) is 13.2 Å². The van der Waals surface area contributed by atoms with Gasteiger partial charge in [-0.05, 0) is 13.8 Å². The first-order valence-electron chi connectivity index (χ1n) is 4.03. The number of hydrogen-bond donors (Lipinski definition) is 0. The molecule has 0 aliphatic rings. The minimum Gasteiger partial charge on any atom is -0.464 e. The van der Waals surface area contributed by atoms with Crippen LogP contribution in [0.15, 0.2) is 10.6 Å². The predicted octanol–water partition coefficient (Wildman–Crippen LogP) is 1.25. The SMILES string of the molecule is CCOC(=O)c1ncc(OCC)o1. The minimum absolute atomic E-state index is 0.0784. The maximum absolute atomic E-state index is 11.0. The van der Waals surface area contributed by atoms with E-state index < -0.39 is 5.97 Å². The minimum atomic E-state index is -0.576. The lowest BCUT2D eigenvalue weighted by Gasteiger charge is -1.96. The maximum atomic E-state index is 11.0. The molecular weight excluding hydrogens is 174 g/mol. The molecule has 1 heterocycles. The second-order valence-corrected chi connectivity index (χ2v) is 2.14. The molecule has 0 aliphatic heterocycles. The number of rotatable bonds is 4. The largest absolute Gasteiger partial charge is 0.464 e. The molecule has 5 nitrogen and oxygen atoms in total. The topological polar surface area (TPSA) is 61.6 Å². The van der Waals surface area contributed by atoms with Crippen LogP contribution in [0.2, 0.25) is 0 Å². The molecule has 0 aliphatic carbocycles. The molecule has 72 valence electrons. The zero-order valence-electron chi connectivity index (χ0n) is 7.57. The van der Waals surface area contributed by atoms with Gasteiger partial charge >= 0.3 is 17.8 Å². The zero-order valence-corrected chi connectivity index (χ0v) is 7.57. The van der Waals surface area contributed by atoms with Crippen molar-refractivity contribution in [3.8, 4) is 5.95 Å². The van der Waals surface area contributed by atoms with E-state index in [2.05, 4.69) is 9.72 Å². The molecular formula is C8H11NO4.